The summed E-state index contributed by atoms with van der Waals surface area (Å²) >= 11 is 0. The lowest BCUT2D eigenvalue weighted by Gasteiger charge is -2.26. The van der Waals surface area contributed by atoms with Crippen LogP contribution in [0.15, 0.2) is 35.5 Å². The minimum absolute atomic E-state index is 0.0395. The first-order chi connectivity index (χ1) is 9.79. The number of amidine groups is 1. The monoisotopic (exact) mass is 277 g/mol. The Kier molecular flexibility index (Phi) is 5.83. The lowest BCUT2D eigenvalue weighted by Crippen LogP contribution is -2.35. The minimum Gasteiger partial charge on any atom is -0.409 e. The second-order valence-corrected chi connectivity index (χ2v) is 5.16. The summed E-state index contributed by atoms with van der Waals surface area (Å²) < 4.78 is 5.72. The predicted octanol–water partition coefficient (Wildman–Crippen LogP) is 2.02. The van der Waals surface area contributed by atoms with E-state index in [4.69, 9.17) is 15.7 Å². The molecule has 2 rings (SSSR count). The number of hydrogen-bond acceptors (Lipinski definition) is 4. The van der Waals surface area contributed by atoms with Crippen LogP contribution in [0.25, 0.3) is 0 Å². The highest BCUT2D eigenvalue weighted by atomic mass is 16.5. The van der Waals surface area contributed by atoms with Crippen LogP contribution < -0.4 is 11.1 Å². The van der Waals surface area contributed by atoms with Gasteiger partial charge in [0.15, 0.2) is 0 Å². The van der Waals surface area contributed by atoms with Gasteiger partial charge in [-0.25, -0.2) is 0 Å². The van der Waals surface area contributed by atoms with Crippen LogP contribution in [0.5, 0.6) is 0 Å². The van der Waals surface area contributed by atoms with Gasteiger partial charge in [-0.2, -0.15) is 0 Å². The number of oxime groups is 1. The Bertz CT molecular complexity index is 416. The first-order valence-electron chi connectivity index (χ1n) is 7.16. The summed E-state index contributed by atoms with van der Waals surface area (Å²) in [5.74, 6) is 0.232. The number of nitrogens with one attached hydrogen (secondary N) is 1. The normalized spacial score (nSPS) is 21.6. The first kappa shape index (κ1) is 14.8. The molecule has 0 aromatic heterocycles. The minimum atomic E-state index is 0.0395. The molecule has 0 aliphatic carbocycles. The van der Waals surface area contributed by atoms with Crippen molar-refractivity contribution in [1.29, 1.82) is 0 Å². The van der Waals surface area contributed by atoms with Gasteiger partial charge in [-0.05, 0) is 24.8 Å². The third kappa shape index (κ3) is 4.51. The summed E-state index contributed by atoms with van der Waals surface area (Å²) in [5, 5.41) is 15.3. The van der Waals surface area contributed by atoms with Crippen LogP contribution in [-0.2, 0) is 4.74 Å². The number of hydrogen-bond donors (Lipinski definition) is 3. The van der Waals surface area contributed by atoms with Crippen molar-refractivity contribution < 1.29 is 9.94 Å². The van der Waals surface area contributed by atoms with Gasteiger partial charge in [0.1, 0.15) is 5.84 Å². The lowest BCUT2D eigenvalue weighted by molar-refractivity contribution is 0.0154. The molecule has 1 aromatic carbocycles. The zero-order valence-electron chi connectivity index (χ0n) is 11.7. The molecule has 1 aromatic rings. The Balaban J connectivity index is 1.95. The second-order valence-electron chi connectivity index (χ2n) is 5.16. The zero-order valence-corrected chi connectivity index (χ0v) is 11.7. The van der Waals surface area contributed by atoms with E-state index in [1.807, 2.05) is 30.3 Å². The summed E-state index contributed by atoms with van der Waals surface area (Å²) in [6, 6.07) is 10.1. The highest BCUT2D eigenvalue weighted by molar-refractivity contribution is 5.80. The Labute approximate surface area is 119 Å². The van der Waals surface area contributed by atoms with E-state index >= 15 is 0 Å². The molecule has 0 spiro atoms. The van der Waals surface area contributed by atoms with Gasteiger partial charge in [-0.1, -0.05) is 35.5 Å². The smallest absolute Gasteiger partial charge is 0.141 e. The maximum atomic E-state index is 8.76. The highest BCUT2D eigenvalue weighted by Gasteiger charge is 2.18. The molecular formula is C15H23N3O2. The van der Waals surface area contributed by atoms with E-state index < -0.39 is 0 Å². The molecule has 1 fully saturated rings. The van der Waals surface area contributed by atoms with Crippen LogP contribution in [0, 0.1) is 0 Å². The summed E-state index contributed by atoms with van der Waals surface area (Å²) in [4.78, 5) is 0. The molecule has 0 bridgehead atoms. The van der Waals surface area contributed by atoms with Crippen LogP contribution in [0.4, 0.5) is 0 Å². The molecule has 1 heterocycles. The number of nitrogens with zero attached hydrogens (tertiary/aromatic N) is 1. The van der Waals surface area contributed by atoms with Gasteiger partial charge in [-0.15, -0.1) is 0 Å². The van der Waals surface area contributed by atoms with Gasteiger partial charge in [0.25, 0.3) is 0 Å². The third-order valence-electron chi connectivity index (χ3n) is 3.61. The van der Waals surface area contributed by atoms with E-state index in [2.05, 4.69) is 10.5 Å². The molecule has 0 saturated carbocycles. The topological polar surface area (TPSA) is 79.9 Å². The molecule has 2 atom stereocenters. The third-order valence-corrected chi connectivity index (χ3v) is 3.61. The fourth-order valence-corrected chi connectivity index (χ4v) is 2.49. The zero-order chi connectivity index (χ0) is 14.2. The molecule has 1 saturated heterocycles. The van der Waals surface area contributed by atoms with Gasteiger partial charge < -0.3 is 21.0 Å². The molecule has 110 valence electrons. The molecule has 4 N–H and O–H groups in total. The van der Waals surface area contributed by atoms with Crippen molar-refractivity contribution >= 4 is 5.84 Å². The van der Waals surface area contributed by atoms with E-state index in [9.17, 15) is 0 Å². The first-order valence-corrected chi connectivity index (χ1v) is 7.16. The van der Waals surface area contributed by atoms with Crippen LogP contribution in [0.3, 0.4) is 0 Å². The number of rotatable bonds is 6. The Hall–Kier alpha value is -1.59. The van der Waals surface area contributed by atoms with Gasteiger partial charge in [0.05, 0.1) is 6.10 Å². The predicted molar refractivity (Wildman–Crippen MR) is 78.8 cm³/mol. The summed E-state index contributed by atoms with van der Waals surface area (Å²) in [6.07, 6.45) is 4.22. The molecule has 5 nitrogen and oxygen atoms in total. The van der Waals surface area contributed by atoms with Crippen LogP contribution >= 0.6 is 0 Å². The SMILES string of the molecule is NC(CC(NCC1CCCCO1)c1ccccc1)=NO. The quantitative estimate of drug-likeness (QED) is 0.322. The van der Waals surface area contributed by atoms with Crippen molar-refractivity contribution in [3.63, 3.8) is 0 Å². The van der Waals surface area contributed by atoms with Crippen LogP contribution in [-0.4, -0.2) is 30.3 Å². The molecule has 2 unspecified atom stereocenters. The van der Waals surface area contributed by atoms with E-state index in [1.54, 1.807) is 0 Å². The van der Waals surface area contributed by atoms with Gasteiger partial charge in [-0.3, -0.25) is 0 Å². The largest absolute Gasteiger partial charge is 0.409 e. The summed E-state index contributed by atoms with van der Waals surface area (Å²) in [5.41, 5.74) is 6.78. The van der Waals surface area contributed by atoms with E-state index in [0.717, 1.165) is 31.6 Å². The average Bonchev–Trinajstić information content (AvgIpc) is 2.53. The number of benzene rings is 1. The van der Waals surface area contributed by atoms with Crippen molar-refractivity contribution in [3.05, 3.63) is 35.9 Å². The maximum absolute atomic E-state index is 8.76. The van der Waals surface area contributed by atoms with Gasteiger partial charge >= 0.3 is 0 Å². The summed E-state index contributed by atoms with van der Waals surface area (Å²) in [6.45, 7) is 1.64. The highest BCUT2D eigenvalue weighted by Crippen LogP contribution is 2.18. The molecule has 1 aliphatic rings. The van der Waals surface area contributed by atoms with Crippen molar-refractivity contribution in [1.82, 2.24) is 5.32 Å². The van der Waals surface area contributed by atoms with Crippen molar-refractivity contribution in [3.8, 4) is 0 Å². The van der Waals surface area contributed by atoms with E-state index in [-0.39, 0.29) is 18.0 Å². The van der Waals surface area contributed by atoms with Crippen LogP contribution in [0.2, 0.25) is 0 Å². The lowest BCUT2D eigenvalue weighted by atomic mass is 10.0. The molecular weight excluding hydrogens is 254 g/mol. The number of ether oxygens (including phenoxy) is 1. The van der Waals surface area contributed by atoms with Crippen molar-refractivity contribution in [2.45, 2.75) is 37.8 Å². The Morgan fingerprint density at radius 1 is 1.40 bits per heavy atom. The Morgan fingerprint density at radius 2 is 2.20 bits per heavy atom. The molecule has 1 aliphatic heterocycles. The van der Waals surface area contributed by atoms with E-state index in [0.29, 0.717) is 6.42 Å². The van der Waals surface area contributed by atoms with E-state index in [1.165, 1.54) is 6.42 Å². The standard InChI is InChI=1S/C15H23N3O2/c16-15(18-19)10-14(12-6-2-1-3-7-12)17-11-13-8-4-5-9-20-13/h1-3,6-7,13-14,17,19H,4-5,8-11H2,(H2,16,18). The molecule has 0 amide bonds. The van der Waals surface area contributed by atoms with Gasteiger partial charge in [0, 0.05) is 25.6 Å². The second kappa shape index (κ2) is 7.87. The maximum Gasteiger partial charge on any atom is 0.141 e. The molecule has 0 radical (unpaired) electrons. The van der Waals surface area contributed by atoms with Crippen molar-refractivity contribution in [2.75, 3.05) is 13.2 Å². The fraction of sp³-hybridized carbons (Fsp3) is 0.533. The number of nitrogens with two attached hydrogens (primary N) is 1. The average molecular weight is 277 g/mol. The molecule has 5 heteroatoms. The summed E-state index contributed by atoms with van der Waals surface area (Å²) in [7, 11) is 0. The molecule has 20 heavy (non-hydrogen) atoms. The van der Waals surface area contributed by atoms with Crippen LogP contribution in [0.1, 0.15) is 37.3 Å². The fourth-order valence-electron chi connectivity index (χ4n) is 2.49. The van der Waals surface area contributed by atoms with Gasteiger partial charge in [0.2, 0.25) is 0 Å². The Morgan fingerprint density at radius 3 is 2.85 bits per heavy atom. The van der Waals surface area contributed by atoms with Crippen molar-refractivity contribution in [2.24, 2.45) is 10.9 Å².